The standard InChI is InChI=1S/C17H14N2O2S/c1-11(17(20)21)22-16-6-9-19-15-3-2-13(10-14(15)16)12-4-7-18-8-5-12/h2-11H,1H3,(H,20,21). The number of pyridine rings is 2. The Hall–Kier alpha value is -2.40. The highest BCUT2D eigenvalue weighted by Crippen LogP contribution is 2.32. The van der Waals surface area contributed by atoms with Crippen LogP contribution in [0.4, 0.5) is 0 Å². The molecular formula is C17H14N2O2S. The maximum atomic E-state index is 11.1. The number of aliphatic carboxylic acids is 1. The van der Waals surface area contributed by atoms with Gasteiger partial charge in [0.15, 0.2) is 0 Å². The summed E-state index contributed by atoms with van der Waals surface area (Å²) in [5.41, 5.74) is 3.00. The summed E-state index contributed by atoms with van der Waals surface area (Å²) in [6, 6.07) is 11.8. The maximum absolute atomic E-state index is 11.1. The molecule has 5 heteroatoms. The van der Waals surface area contributed by atoms with E-state index in [2.05, 4.69) is 16.0 Å². The summed E-state index contributed by atoms with van der Waals surface area (Å²) < 4.78 is 0. The molecule has 0 aliphatic rings. The van der Waals surface area contributed by atoms with Gasteiger partial charge in [-0.25, -0.2) is 0 Å². The second-order valence-electron chi connectivity index (χ2n) is 4.88. The Balaban J connectivity index is 2.08. The van der Waals surface area contributed by atoms with Crippen LogP contribution in [0.1, 0.15) is 6.92 Å². The van der Waals surface area contributed by atoms with Gasteiger partial charge >= 0.3 is 5.97 Å². The molecule has 2 heterocycles. The van der Waals surface area contributed by atoms with Crippen LogP contribution < -0.4 is 0 Å². The summed E-state index contributed by atoms with van der Waals surface area (Å²) >= 11 is 1.33. The van der Waals surface area contributed by atoms with Crippen LogP contribution in [0.3, 0.4) is 0 Å². The van der Waals surface area contributed by atoms with Crippen molar-refractivity contribution in [1.82, 2.24) is 9.97 Å². The first-order valence-corrected chi connectivity index (χ1v) is 7.72. The van der Waals surface area contributed by atoms with Crippen molar-refractivity contribution in [3.05, 3.63) is 55.0 Å². The van der Waals surface area contributed by atoms with Crippen molar-refractivity contribution in [2.24, 2.45) is 0 Å². The molecule has 0 saturated heterocycles. The summed E-state index contributed by atoms with van der Waals surface area (Å²) in [6.45, 7) is 1.69. The third-order valence-corrected chi connectivity index (χ3v) is 4.53. The highest BCUT2D eigenvalue weighted by Gasteiger charge is 2.14. The fourth-order valence-corrected chi connectivity index (χ4v) is 3.10. The minimum Gasteiger partial charge on any atom is -0.480 e. The molecule has 0 bridgehead atoms. The van der Waals surface area contributed by atoms with E-state index in [0.29, 0.717) is 0 Å². The molecule has 1 unspecified atom stereocenters. The lowest BCUT2D eigenvalue weighted by molar-refractivity contribution is -0.136. The van der Waals surface area contributed by atoms with E-state index >= 15 is 0 Å². The molecule has 1 atom stereocenters. The van der Waals surface area contributed by atoms with Gasteiger partial charge in [-0.1, -0.05) is 6.07 Å². The number of carbonyl (C=O) groups is 1. The number of benzene rings is 1. The van der Waals surface area contributed by atoms with Crippen LogP contribution in [-0.2, 0) is 4.79 Å². The van der Waals surface area contributed by atoms with Crippen LogP contribution in [-0.4, -0.2) is 26.3 Å². The Kier molecular flexibility index (Phi) is 4.06. The Morgan fingerprint density at radius 3 is 2.59 bits per heavy atom. The molecule has 0 saturated carbocycles. The number of carboxylic acid groups (broad SMARTS) is 1. The van der Waals surface area contributed by atoms with E-state index in [1.807, 2.05) is 30.3 Å². The van der Waals surface area contributed by atoms with E-state index in [-0.39, 0.29) is 0 Å². The van der Waals surface area contributed by atoms with Crippen LogP contribution >= 0.6 is 11.8 Å². The Labute approximate surface area is 132 Å². The average molecular weight is 310 g/mol. The molecule has 110 valence electrons. The van der Waals surface area contributed by atoms with E-state index in [4.69, 9.17) is 5.11 Å². The van der Waals surface area contributed by atoms with Crippen molar-refractivity contribution >= 4 is 28.6 Å². The molecule has 0 amide bonds. The van der Waals surface area contributed by atoms with Crippen LogP contribution in [0, 0.1) is 0 Å². The van der Waals surface area contributed by atoms with Gasteiger partial charge in [-0.05, 0) is 48.4 Å². The lowest BCUT2D eigenvalue weighted by Gasteiger charge is -2.10. The summed E-state index contributed by atoms with van der Waals surface area (Å²) in [6.07, 6.45) is 5.22. The first kappa shape index (κ1) is 14.5. The predicted octanol–water partition coefficient (Wildman–Crippen LogP) is 3.86. The SMILES string of the molecule is CC(Sc1ccnc2ccc(-c3ccncc3)cc12)C(=O)O. The smallest absolute Gasteiger partial charge is 0.316 e. The molecule has 0 aliphatic heterocycles. The van der Waals surface area contributed by atoms with Gasteiger partial charge in [0.2, 0.25) is 0 Å². The molecule has 4 nitrogen and oxygen atoms in total. The minimum absolute atomic E-state index is 0.504. The molecule has 22 heavy (non-hydrogen) atoms. The molecule has 3 aromatic rings. The molecule has 3 rings (SSSR count). The molecule has 1 N–H and O–H groups in total. The second-order valence-corrected chi connectivity index (χ2v) is 6.26. The molecule has 0 fully saturated rings. The van der Waals surface area contributed by atoms with Crippen molar-refractivity contribution in [2.45, 2.75) is 17.1 Å². The zero-order chi connectivity index (χ0) is 15.5. The van der Waals surface area contributed by atoms with Crippen LogP contribution in [0.5, 0.6) is 0 Å². The van der Waals surface area contributed by atoms with Crippen molar-refractivity contribution in [3.63, 3.8) is 0 Å². The summed E-state index contributed by atoms with van der Waals surface area (Å²) in [5, 5.41) is 9.57. The number of carboxylic acids is 1. The van der Waals surface area contributed by atoms with E-state index in [1.54, 1.807) is 25.5 Å². The van der Waals surface area contributed by atoms with Gasteiger partial charge in [0.1, 0.15) is 5.25 Å². The number of hydrogen-bond acceptors (Lipinski definition) is 4. The summed E-state index contributed by atoms with van der Waals surface area (Å²) in [5.74, 6) is -0.819. The zero-order valence-corrected chi connectivity index (χ0v) is 12.7. The Morgan fingerprint density at radius 2 is 1.86 bits per heavy atom. The van der Waals surface area contributed by atoms with E-state index in [1.165, 1.54) is 11.8 Å². The van der Waals surface area contributed by atoms with Gasteiger partial charge in [-0.2, -0.15) is 0 Å². The Morgan fingerprint density at radius 1 is 1.09 bits per heavy atom. The molecular weight excluding hydrogens is 296 g/mol. The monoisotopic (exact) mass is 310 g/mol. The molecule has 0 aliphatic carbocycles. The number of nitrogens with zero attached hydrogens (tertiary/aromatic N) is 2. The van der Waals surface area contributed by atoms with E-state index < -0.39 is 11.2 Å². The highest BCUT2D eigenvalue weighted by atomic mass is 32.2. The first-order chi connectivity index (χ1) is 10.6. The second kappa shape index (κ2) is 6.15. The Bertz CT molecular complexity index is 821. The number of fused-ring (bicyclic) bond motifs is 1. The first-order valence-electron chi connectivity index (χ1n) is 6.84. The number of hydrogen-bond donors (Lipinski definition) is 1. The molecule has 2 aromatic heterocycles. The fourth-order valence-electron chi connectivity index (χ4n) is 2.19. The normalized spacial score (nSPS) is 12.2. The predicted molar refractivity (Wildman–Crippen MR) is 87.9 cm³/mol. The molecule has 0 spiro atoms. The number of rotatable bonds is 4. The summed E-state index contributed by atoms with van der Waals surface area (Å²) in [4.78, 5) is 20.4. The zero-order valence-electron chi connectivity index (χ0n) is 11.9. The van der Waals surface area contributed by atoms with Crippen molar-refractivity contribution in [3.8, 4) is 11.1 Å². The van der Waals surface area contributed by atoms with Gasteiger partial charge in [-0.3, -0.25) is 14.8 Å². The third-order valence-electron chi connectivity index (χ3n) is 3.37. The lowest BCUT2D eigenvalue weighted by Crippen LogP contribution is -2.11. The molecule has 0 radical (unpaired) electrons. The minimum atomic E-state index is -0.819. The number of thioether (sulfide) groups is 1. The fraction of sp³-hybridized carbons (Fsp3) is 0.118. The lowest BCUT2D eigenvalue weighted by atomic mass is 10.0. The number of aromatic nitrogens is 2. The topological polar surface area (TPSA) is 63.1 Å². The van der Waals surface area contributed by atoms with Gasteiger partial charge in [-0.15, -0.1) is 11.8 Å². The van der Waals surface area contributed by atoms with Crippen molar-refractivity contribution in [1.29, 1.82) is 0 Å². The average Bonchev–Trinajstić information content (AvgIpc) is 2.55. The van der Waals surface area contributed by atoms with Crippen LogP contribution in [0.2, 0.25) is 0 Å². The molecule has 1 aromatic carbocycles. The maximum Gasteiger partial charge on any atom is 0.316 e. The summed E-state index contributed by atoms with van der Waals surface area (Å²) in [7, 11) is 0. The van der Waals surface area contributed by atoms with Gasteiger partial charge < -0.3 is 5.11 Å². The van der Waals surface area contributed by atoms with Gasteiger partial charge in [0, 0.05) is 28.9 Å². The van der Waals surface area contributed by atoms with Crippen LogP contribution in [0.25, 0.3) is 22.0 Å². The van der Waals surface area contributed by atoms with Crippen molar-refractivity contribution in [2.75, 3.05) is 0 Å². The van der Waals surface area contributed by atoms with Crippen LogP contribution in [0.15, 0.2) is 59.9 Å². The van der Waals surface area contributed by atoms with E-state index in [0.717, 1.165) is 26.9 Å². The van der Waals surface area contributed by atoms with Gasteiger partial charge in [0.25, 0.3) is 0 Å². The highest BCUT2D eigenvalue weighted by molar-refractivity contribution is 8.00. The van der Waals surface area contributed by atoms with Gasteiger partial charge in [0.05, 0.1) is 5.52 Å². The van der Waals surface area contributed by atoms with Crippen molar-refractivity contribution < 1.29 is 9.90 Å². The quantitative estimate of drug-likeness (QED) is 0.741. The van der Waals surface area contributed by atoms with E-state index in [9.17, 15) is 4.79 Å². The largest absolute Gasteiger partial charge is 0.480 e. The third kappa shape index (κ3) is 2.94.